The maximum Gasteiger partial charge on any atom is 0.409 e. The molecule has 5 nitrogen and oxygen atoms in total. The second-order valence-electron chi connectivity index (χ2n) is 7.25. The third-order valence-corrected chi connectivity index (χ3v) is 4.36. The molecule has 152 valence electrons. The second kappa shape index (κ2) is 7.27. The van der Waals surface area contributed by atoms with Crippen LogP contribution in [0.4, 0.5) is 24.5 Å². The minimum Gasteiger partial charge on any atom is -0.423 e. The number of alkyl halides is 3. The highest BCUT2D eigenvalue weighted by Gasteiger charge is 2.35. The number of allylic oxidation sites excluding steroid dienone is 1. The van der Waals surface area contributed by atoms with Crippen LogP contribution in [0.2, 0.25) is 0 Å². The number of ether oxygens (including phenoxy) is 1. The average molecular weight is 404 g/mol. The highest BCUT2D eigenvalue weighted by molar-refractivity contribution is 6.06. The summed E-state index contributed by atoms with van der Waals surface area (Å²) in [6.07, 6.45) is -3.30. The van der Waals surface area contributed by atoms with E-state index in [2.05, 4.69) is 10.6 Å². The summed E-state index contributed by atoms with van der Waals surface area (Å²) in [5.74, 6) is -0.442. The maximum absolute atomic E-state index is 12.6. The minimum absolute atomic E-state index is 0.149. The molecule has 0 aromatic heterocycles. The summed E-state index contributed by atoms with van der Waals surface area (Å²) in [6, 6.07) is 9.25. The number of amides is 1. The molecule has 0 unspecified atom stereocenters. The molecule has 1 aliphatic heterocycles. The van der Waals surface area contributed by atoms with Gasteiger partial charge in [-0.25, -0.2) is 4.79 Å². The number of fused-ring (bicyclic) bond motifs is 1. The molecule has 2 aromatic rings. The van der Waals surface area contributed by atoms with Gasteiger partial charge in [-0.1, -0.05) is 18.2 Å². The zero-order valence-corrected chi connectivity index (χ0v) is 16.0. The lowest BCUT2D eigenvalue weighted by Gasteiger charge is -2.31. The zero-order valence-electron chi connectivity index (χ0n) is 16.0. The van der Waals surface area contributed by atoms with E-state index in [0.29, 0.717) is 33.8 Å². The van der Waals surface area contributed by atoms with Crippen LogP contribution in [0.3, 0.4) is 0 Å². The molecule has 0 aliphatic carbocycles. The van der Waals surface area contributed by atoms with Crippen LogP contribution in [-0.2, 0) is 4.79 Å². The first-order valence-electron chi connectivity index (χ1n) is 8.77. The van der Waals surface area contributed by atoms with Gasteiger partial charge in [-0.2, -0.15) is 13.2 Å². The average Bonchev–Trinajstić information content (AvgIpc) is 2.60. The van der Waals surface area contributed by atoms with Gasteiger partial charge in [0.05, 0.1) is 5.69 Å². The van der Waals surface area contributed by atoms with Gasteiger partial charge in [0, 0.05) is 17.3 Å². The Morgan fingerprint density at radius 3 is 2.55 bits per heavy atom. The molecule has 1 aliphatic rings. The molecule has 0 saturated heterocycles. The van der Waals surface area contributed by atoms with Gasteiger partial charge < -0.3 is 15.4 Å². The second-order valence-corrected chi connectivity index (χ2v) is 7.25. The van der Waals surface area contributed by atoms with Crippen molar-refractivity contribution >= 4 is 29.3 Å². The molecule has 0 fully saturated rings. The van der Waals surface area contributed by atoms with E-state index in [9.17, 15) is 22.8 Å². The van der Waals surface area contributed by atoms with E-state index >= 15 is 0 Å². The van der Waals surface area contributed by atoms with Crippen molar-refractivity contribution in [2.24, 2.45) is 0 Å². The first-order chi connectivity index (χ1) is 13.4. The monoisotopic (exact) mass is 404 g/mol. The van der Waals surface area contributed by atoms with Gasteiger partial charge in [0.15, 0.2) is 5.75 Å². The molecule has 2 aromatic carbocycles. The van der Waals surface area contributed by atoms with E-state index in [1.165, 1.54) is 18.2 Å². The maximum atomic E-state index is 12.6. The Balaban J connectivity index is 1.77. The predicted molar refractivity (Wildman–Crippen MR) is 104 cm³/mol. The lowest BCUT2D eigenvalue weighted by atomic mass is 10.0. The van der Waals surface area contributed by atoms with Gasteiger partial charge in [-0.05, 0) is 56.2 Å². The summed E-state index contributed by atoms with van der Waals surface area (Å²) in [5, 5.41) is 5.81. The van der Waals surface area contributed by atoms with E-state index < -0.39 is 23.6 Å². The zero-order chi connectivity index (χ0) is 21.4. The van der Waals surface area contributed by atoms with Crippen molar-refractivity contribution < 1.29 is 27.5 Å². The first kappa shape index (κ1) is 20.4. The van der Waals surface area contributed by atoms with Crippen molar-refractivity contribution in [3.63, 3.8) is 0 Å². The number of rotatable bonds is 3. The molecule has 0 bridgehead atoms. The number of hydrogen-bond donors (Lipinski definition) is 2. The number of nitrogens with one attached hydrogen (secondary N) is 2. The Hall–Kier alpha value is -3.29. The fraction of sp³-hybridized carbons (Fsp3) is 0.238. The van der Waals surface area contributed by atoms with Gasteiger partial charge in [0.25, 0.3) is 5.91 Å². The molecular formula is C21H19F3N2O3. The molecule has 0 spiro atoms. The van der Waals surface area contributed by atoms with E-state index in [0.717, 1.165) is 6.08 Å². The number of aryl methyl sites for hydroxylation is 1. The molecule has 0 saturated carbocycles. The van der Waals surface area contributed by atoms with Crippen molar-refractivity contribution in [1.82, 2.24) is 0 Å². The minimum atomic E-state index is -4.40. The van der Waals surface area contributed by atoms with Crippen LogP contribution in [-0.4, -0.2) is 23.6 Å². The van der Waals surface area contributed by atoms with Gasteiger partial charge in [0.2, 0.25) is 0 Å². The Morgan fingerprint density at radius 2 is 1.90 bits per heavy atom. The molecule has 1 heterocycles. The Kier molecular flexibility index (Phi) is 5.13. The summed E-state index contributed by atoms with van der Waals surface area (Å²) >= 11 is 0. The normalized spacial score (nSPS) is 15.4. The Morgan fingerprint density at radius 1 is 1.17 bits per heavy atom. The smallest absolute Gasteiger partial charge is 0.409 e. The van der Waals surface area contributed by atoms with Crippen molar-refractivity contribution in [3.8, 4) is 5.75 Å². The van der Waals surface area contributed by atoms with Crippen molar-refractivity contribution in [1.29, 1.82) is 0 Å². The number of benzene rings is 2. The number of hydrogen-bond acceptors (Lipinski definition) is 4. The van der Waals surface area contributed by atoms with Crippen molar-refractivity contribution in [2.45, 2.75) is 32.5 Å². The van der Waals surface area contributed by atoms with Crippen LogP contribution in [0.1, 0.15) is 35.3 Å². The molecule has 2 N–H and O–H groups in total. The summed E-state index contributed by atoms with van der Waals surface area (Å²) in [4.78, 5) is 24.5. The molecule has 3 rings (SSSR count). The summed E-state index contributed by atoms with van der Waals surface area (Å²) in [7, 11) is 0. The van der Waals surface area contributed by atoms with E-state index in [4.69, 9.17) is 4.74 Å². The number of carbonyl (C=O) groups excluding carboxylic acids is 2. The van der Waals surface area contributed by atoms with E-state index in [1.54, 1.807) is 39.0 Å². The third kappa shape index (κ3) is 4.77. The largest absolute Gasteiger partial charge is 0.423 e. The molecule has 29 heavy (non-hydrogen) atoms. The quantitative estimate of drug-likeness (QED) is 0.562. The van der Waals surface area contributed by atoms with E-state index in [1.807, 2.05) is 0 Å². The number of esters is 1. The van der Waals surface area contributed by atoms with Gasteiger partial charge in [-0.15, -0.1) is 0 Å². The number of carbonyl (C=O) groups is 2. The van der Waals surface area contributed by atoms with Crippen LogP contribution in [0.5, 0.6) is 5.75 Å². The van der Waals surface area contributed by atoms with Crippen LogP contribution in [0.25, 0.3) is 6.08 Å². The highest BCUT2D eigenvalue weighted by atomic mass is 19.4. The fourth-order valence-electron chi connectivity index (χ4n) is 2.84. The van der Waals surface area contributed by atoms with Crippen molar-refractivity contribution in [3.05, 3.63) is 59.2 Å². The lowest BCUT2D eigenvalue weighted by molar-refractivity contribution is -0.139. The van der Waals surface area contributed by atoms with Crippen LogP contribution < -0.4 is 15.4 Å². The number of halogens is 3. The molecular weight excluding hydrogens is 385 g/mol. The first-order valence-corrected chi connectivity index (χ1v) is 8.77. The molecule has 8 heteroatoms. The van der Waals surface area contributed by atoms with Gasteiger partial charge in [-0.3, -0.25) is 4.79 Å². The van der Waals surface area contributed by atoms with Crippen LogP contribution in [0, 0.1) is 6.92 Å². The van der Waals surface area contributed by atoms with Crippen LogP contribution >= 0.6 is 0 Å². The molecule has 1 amide bonds. The topological polar surface area (TPSA) is 67.4 Å². The van der Waals surface area contributed by atoms with Gasteiger partial charge in [0.1, 0.15) is 5.54 Å². The fourth-order valence-corrected chi connectivity index (χ4v) is 2.84. The Labute approximate surface area is 165 Å². The predicted octanol–water partition coefficient (Wildman–Crippen LogP) is 4.93. The summed E-state index contributed by atoms with van der Waals surface area (Å²) < 4.78 is 42.2. The van der Waals surface area contributed by atoms with E-state index in [-0.39, 0.29) is 6.08 Å². The third-order valence-electron chi connectivity index (χ3n) is 4.36. The molecule has 0 atom stereocenters. The summed E-state index contributed by atoms with van der Waals surface area (Å²) in [5.41, 5.74) is 1.38. The SMILES string of the molecule is Cc1cc(C=CC(F)(F)F)ccc1C(=O)Nc1ccc2c(c1)NC(C)(C)C(=O)O2. The number of anilines is 2. The Bertz CT molecular complexity index is 1010. The molecule has 0 radical (unpaired) electrons. The lowest BCUT2D eigenvalue weighted by Crippen LogP contribution is -2.46. The standard InChI is InChI=1S/C21H19F3N2O3/c1-12-10-13(8-9-21(22,23)24)4-6-15(12)18(27)25-14-5-7-17-16(11-14)26-20(2,3)19(28)29-17/h4-11,26H,1-3H3,(H,25,27). The van der Waals surface area contributed by atoms with Gasteiger partial charge >= 0.3 is 12.1 Å². The van der Waals surface area contributed by atoms with Crippen LogP contribution in [0.15, 0.2) is 42.5 Å². The summed E-state index contributed by atoms with van der Waals surface area (Å²) in [6.45, 7) is 5.01. The van der Waals surface area contributed by atoms with Crippen molar-refractivity contribution in [2.75, 3.05) is 10.6 Å². The highest BCUT2D eigenvalue weighted by Crippen LogP contribution is 2.35.